The molecule has 21 heavy (non-hydrogen) atoms. The number of rotatable bonds is 4. The molecule has 3 aliphatic rings. The molecule has 4 unspecified atom stereocenters. The summed E-state index contributed by atoms with van der Waals surface area (Å²) in [5.74, 6) is 1.56. The Bertz CT molecular complexity index is 494. The Morgan fingerprint density at radius 1 is 1.14 bits per heavy atom. The normalized spacial score (nSPS) is 35.6. The molecular formula is C19H27NO. The second-order valence-corrected chi connectivity index (χ2v) is 7.79. The highest BCUT2D eigenvalue weighted by atomic mass is 16.5. The molecule has 3 fully saturated rings. The largest absolute Gasteiger partial charge is 0.377 e. The van der Waals surface area contributed by atoms with Gasteiger partial charge < -0.3 is 10.1 Å². The topological polar surface area (TPSA) is 21.3 Å². The van der Waals surface area contributed by atoms with Crippen LogP contribution in [0.1, 0.15) is 51.1 Å². The van der Waals surface area contributed by atoms with Crippen molar-refractivity contribution in [3.63, 3.8) is 0 Å². The lowest BCUT2D eigenvalue weighted by molar-refractivity contribution is -0.195. The Morgan fingerprint density at radius 2 is 1.90 bits per heavy atom. The highest BCUT2D eigenvalue weighted by molar-refractivity contribution is 5.23. The van der Waals surface area contributed by atoms with E-state index >= 15 is 0 Å². The first-order valence-electron chi connectivity index (χ1n) is 8.60. The number of benzene rings is 1. The van der Waals surface area contributed by atoms with E-state index in [1.807, 2.05) is 0 Å². The van der Waals surface area contributed by atoms with Crippen LogP contribution in [0.15, 0.2) is 30.3 Å². The second-order valence-electron chi connectivity index (χ2n) is 7.79. The maximum atomic E-state index is 6.05. The van der Waals surface area contributed by atoms with Gasteiger partial charge in [0.1, 0.15) is 0 Å². The van der Waals surface area contributed by atoms with E-state index in [1.165, 1.54) is 31.2 Å². The lowest BCUT2D eigenvalue weighted by Gasteiger charge is -2.61. The van der Waals surface area contributed by atoms with Gasteiger partial charge in [-0.15, -0.1) is 0 Å². The van der Waals surface area contributed by atoms with Crippen LogP contribution in [0.3, 0.4) is 0 Å². The van der Waals surface area contributed by atoms with E-state index in [2.05, 4.69) is 49.5 Å². The van der Waals surface area contributed by atoms with Crippen LogP contribution in [0.25, 0.3) is 0 Å². The van der Waals surface area contributed by atoms with Crippen LogP contribution in [0, 0.1) is 17.3 Å². The third kappa shape index (κ3) is 2.33. The Labute approximate surface area is 128 Å². The molecule has 1 saturated heterocycles. The van der Waals surface area contributed by atoms with E-state index < -0.39 is 0 Å². The molecule has 2 saturated carbocycles. The highest BCUT2D eigenvalue weighted by Crippen LogP contribution is 2.53. The lowest BCUT2D eigenvalue weighted by Crippen LogP contribution is -2.69. The molecule has 0 bridgehead atoms. The van der Waals surface area contributed by atoms with E-state index in [9.17, 15) is 0 Å². The van der Waals surface area contributed by atoms with E-state index in [0.29, 0.717) is 18.2 Å². The average Bonchev–Trinajstić information content (AvgIpc) is 3.33. The fourth-order valence-corrected chi connectivity index (χ4v) is 4.65. The molecule has 4 atom stereocenters. The zero-order chi connectivity index (χ0) is 14.4. The summed E-state index contributed by atoms with van der Waals surface area (Å²) in [6, 6.07) is 12.2. The molecule has 114 valence electrons. The number of hydrogen-bond acceptors (Lipinski definition) is 2. The molecule has 2 nitrogen and oxygen atoms in total. The van der Waals surface area contributed by atoms with Crippen LogP contribution in [0.4, 0.5) is 0 Å². The first-order valence-corrected chi connectivity index (χ1v) is 8.60. The quantitative estimate of drug-likeness (QED) is 0.905. The van der Waals surface area contributed by atoms with Crippen LogP contribution in [-0.2, 0) is 4.74 Å². The first-order chi connectivity index (χ1) is 10.2. The predicted molar refractivity (Wildman–Crippen MR) is 85.1 cm³/mol. The van der Waals surface area contributed by atoms with Crippen LogP contribution in [-0.4, -0.2) is 18.8 Å². The van der Waals surface area contributed by atoms with Crippen molar-refractivity contribution in [1.82, 2.24) is 5.32 Å². The number of hydrogen-bond donors (Lipinski definition) is 1. The summed E-state index contributed by atoms with van der Waals surface area (Å²) in [6.45, 7) is 5.72. The van der Waals surface area contributed by atoms with Crippen molar-refractivity contribution in [2.75, 3.05) is 6.61 Å². The van der Waals surface area contributed by atoms with Gasteiger partial charge in [-0.25, -0.2) is 0 Å². The monoisotopic (exact) mass is 285 g/mol. The van der Waals surface area contributed by atoms with Gasteiger partial charge in [0.25, 0.3) is 0 Å². The second kappa shape index (κ2) is 5.10. The molecule has 1 N–H and O–H groups in total. The van der Waals surface area contributed by atoms with Crippen LogP contribution < -0.4 is 5.32 Å². The zero-order valence-electron chi connectivity index (χ0n) is 13.2. The summed E-state index contributed by atoms with van der Waals surface area (Å²) in [5, 5.41) is 4.04. The summed E-state index contributed by atoms with van der Waals surface area (Å²) >= 11 is 0. The number of fused-ring (bicyclic) bond motifs is 1. The van der Waals surface area contributed by atoms with Crippen LogP contribution >= 0.6 is 0 Å². The fourth-order valence-electron chi connectivity index (χ4n) is 4.65. The molecular weight excluding hydrogens is 258 g/mol. The highest BCUT2D eigenvalue weighted by Gasteiger charge is 2.58. The maximum Gasteiger partial charge on any atom is 0.0684 e. The van der Waals surface area contributed by atoms with Crippen molar-refractivity contribution < 1.29 is 4.74 Å². The third-order valence-electron chi connectivity index (χ3n) is 5.94. The molecule has 4 rings (SSSR count). The summed E-state index contributed by atoms with van der Waals surface area (Å²) in [5.41, 5.74) is 1.74. The standard InChI is InChI=1S/C19H27NO/c1-19(2)17(15-9-6-12-21-18(15)19)20-16(14-10-11-14)13-7-4-3-5-8-13/h3-5,7-8,14-18,20H,6,9-12H2,1-2H3. The van der Waals surface area contributed by atoms with Crippen LogP contribution in [0.5, 0.6) is 0 Å². The third-order valence-corrected chi connectivity index (χ3v) is 5.94. The van der Waals surface area contributed by atoms with Crippen molar-refractivity contribution in [2.45, 2.75) is 57.7 Å². The van der Waals surface area contributed by atoms with Crippen LogP contribution in [0.2, 0.25) is 0 Å². The average molecular weight is 285 g/mol. The number of nitrogens with one attached hydrogen (secondary N) is 1. The minimum Gasteiger partial charge on any atom is -0.377 e. The fraction of sp³-hybridized carbons (Fsp3) is 0.684. The minimum absolute atomic E-state index is 0.271. The Kier molecular flexibility index (Phi) is 3.35. The van der Waals surface area contributed by atoms with Crippen molar-refractivity contribution in [3.05, 3.63) is 35.9 Å². The molecule has 2 aliphatic carbocycles. The van der Waals surface area contributed by atoms with Gasteiger partial charge in [-0.2, -0.15) is 0 Å². The Morgan fingerprint density at radius 3 is 2.62 bits per heavy atom. The Balaban J connectivity index is 1.53. The maximum absolute atomic E-state index is 6.05. The van der Waals surface area contributed by atoms with E-state index in [4.69, 9.17) is 4.74 Å². The molecule has 2 heteroatoms. The SMILES string of the molecule is CC1(C)C(NC(c2ccccc2)C2CC2)C2CCCOC21. The van der Waals surface area contributed by atoms with Gasteiger partial charge in [0.05, 0.1) is 6.10 Å². The van der Waals surface area contributed by atoms with Gasteiger partial charge in [-0.1, -0.05) is 44.2 Å². The van der Waals surface area contributed by atoms with Crippen molar-refractivity contribution in [2.24, 2.45) is 17.3 Å². The van der Waals surface area contributed by atoms with Crippen molar-refractivity contribution >= 4 is 0 Å². The number of ether oxygens (including phenoxy) is 1. The minimum atomic E-state index is 0.271. The molecule has 0 spiro atoms. The summed E-state index contributed by atoms with van der Waals surface area (Å²) < 4.78 is 6.05. The van der Waals surface area contributed by atoms with Gasteiger partial charge in [0, 0.05) is 30.0 Å². The lowest BCUT2D eigenvalue weighted by atomic mass is 9.55. The Hall–Kier alpha value is -0.860. The smallest absolute Gasteiger partial charge is 0.0684 e. The van der Waals surface area contributed by atoms with E-state index in [-0.39, 0.29) is 5.41 Å². The van der Waals surface area contributed by atoms with Gasteiger partial charge in [0.2, 0.25) is 0 Å². The first kappa shape index (κ1) is 13.8. The summed E-state index contributed by atoms with van der Waals surface area (Å²) in [7, 11) is 0. The summed E-state index contributed by atoms with van der Waals surface area (Å²) in [6.07, 6.45) is 5.79. The molecule has 0 aromatic heterocycles. The van der Waals surface area contributed by atoms with Gasteiger partial charge in [-0.3, -0.25) is 0 Å². The van der Waals surface area contributed by atoms with Gasteiger partial charge in [-0.05, 0) is 37.2 Å². The molecule has 0 amide bonds. The predicted octanol–water partition coefficient (Wildman–Crippen LogP) is 3.93. The summed E-state index contributed by atoms with van der Waals surface area (Å²) in [4.78, 5) is 0. The van der Waals surface area contributed by atoms with E-state index in [0.717, 1.165) is 18.4 Å². The molecule has 1 aromatic rings. The van der Waals surface area contributed by atoms with Gasteiger partial charge >= 0.3 is 0 Å². The molecule has 1 aliphatic heterocycles. The molecule has 1 aromatic carbocycles. The van der Waals surface area contributed by atoms with Crippen molar-refractivity contribution in [3.8, 4) is 0 Å². The van der Waals surface area contributed by atoms with E-state index in [1.54, 1.807) is 0 Å². The molecule has 1 heterocycles. The molecule has 0 radical (unpaired) electrons. The van der Waals surface area contributed by atoms with Gasteiger partial charge in [0.15, 0.2) is 0 Å². The van der Waals surface area contributed by atoms with Crippen molar-refractivity contribution in [1.29, 1.82) is 0 Å². The zero-order valence-corrected chi connectivity index (χ0v) is 13.2.